The van der Waals surface area contributed by atoms with Crippen LogP contribution >= 0.6 is 0 Å². The summed E-state index contributed by atoms with van der Waals surface area (Å²) in [4.78, 5) is 10.9. The van der Waals surface area contributed by atoms with Gasteiger partial charge in [-0.3, -0.25) is 4.98 Å². The van der Waals surface area contributed by atoms with Crippen LogP contribution in [0.5, 0.6) is 5.75 Å². The van der Waals surface area contributed by atoms with Crippen molar-refractivity contribution in [2.45, 2.75) is 25.4 Å². The van der Waals surface area contributed by atoms with Gasteiger partial charge in [-0.2, -0.15) is 10.4 Å². The van der Waals surface area contributed by atoms with Crippen LogP contribution in [-0.4, -0.2) is 44.4 Å². The van der Waals surface area contributed by atoms with E-state index in [1.165, 1.54) is 0 Å². The molecule has 1 aliphatic heterocycles. The summed E-state index contributed by atoms with van der Waals surface area (Å²) in [5.74, 6) is 1.55. The van der Waals surface area contributed by atoms with Gasteiger partial charge in [0.1, 0.15) is 17.6 Å². The number of rotatable bonds is 5. The molecular formula is C25H24N6O2. The van der Waals surface area contributed by atoms with Crippen molar-refractivity contribution in [2.24, 2.45) is 0 Å². The summed E-state index contributed by atoms with van der Waals surface area (Å²) in [6, 6.07) is 11.9. The van der Waals surface area contributed by atoms with Crippen LogP contribution in [0.3, 0.4) is 0 Å². The summed E-state index contributed by atoms with van der Waals surface area (Å²) < 4.78 is 7.37. The number of aromatic nitrogens is 4. The minimum Gasteiger partial charge on any atom is -0.492 e. The second kappa shape index (κ2) is 8.52. The van der Waals surface area contributed by atoms with Crippen molar-refractivity contribution in [1.29, 1.82) is 5.26 Å². The van der Waals surface area contributed by atoms with E-state index in [0.29, 0.717) is 43.9 Å². The van der Waals surface area contributed by atoms with Crippen LogP contribution in [-0.2, 0) is 5.60 Å². The molecule has 0 unspecified atom stereocenters. The van der Waals surface area contributed by atoms with Crippen molar-refractivity contribution in [1.82, 2.24) is 19.6 Å². The lowest BCUT2D eigenvalue weighted by atomic mass is 9.85. The molecule has 4 aromatic heterocycles. The Morgan fingerprint density at radius 2 is 1.94 bits per heavy atom. The highest BCUT2D eigenvalue weighted by Gasteiger charge is 2.34. The van der Waals surface area contributed by atoms with Gasteiger partial charge in [0.25, 0.3) is 0 Å². The van der Waals surface area contributed by atoms with Crippen LogP contribution in [0, 0.1) is 11.3 Å². The van der Waals surface area contributed by atoms with Crippen LogP contribution in [0.25, 0.3) is 16.6 Å². The van der Waals surface area contributed by atoms with Gasteiger partial charge >= 0.3 is 0 Å². The third kappa shape index (κ3) is 3.88. The van der Waals surface area contributed by atoms with E-state index < -0.39 is 5.60 Å². The quantitative estimate of drug-likeness (QED) is 0.507. The molecule has 0 spiro atoms. The number of nitrogens with zero attached hydrogens (tertiary/aromatic N) is 6. The number of anilines is 1. The maximum absolute atomic E-state index is 11.1. The monoisotopic (exact) mass is 440 g/mol. The third-order valence-corrected chi connectivity index (χ3v) is 6.21. The Balaban J connectivity index is 1.40. The van der Waals surface area contributed by atoms with E-state index in [2.05, 4.69) is 21.1 Å². The molecule has 0 radical (unpaired) electrons. The van der Waals surface area contributed by atoms with Gasteiger partial charge in [0.2, 0.25) is 0 Å². The first-order valence-electron chi connectivity index (χ1n) is 11.0. The van der Waals surface area contributed by atoms with E-state index >= 15 is 0 Å². The first kappa shape index (κ1) is 20.9. The molecule has 1 aliphatic rings. The molecule has 166 valence electrons. The molecule has 5 rings (SSSR count). The van der Waals surface area contributed by atoms with Crippen molar-refractivity contribution >= 4 is 11.3 Å². The van der Waals surface area contributed by atoms with Crippen LogP contribution in [0.4, 0.5) is 5.82 Å². The normalized spacial score (nSPS) is 15.4. The molecule has 0 saturated carbocycles. The predicted molar refractivity (Wildman–Crippen MR) is 124 cm³/mol. The molecule has 0 aliphatic carbocycles. The Morgan fingerprint density at radius 3 is 2.61 bits per heavy atom. The molecule has 8 heteroatoms. The van der Waals surface area contributed by atoms with Crippen molar-refractivity contribution in [3.05, 3.63) is 72.4 Å². The average molecular weight is 441 g/mol. The molecule has 0 aromatic carbocycles. The zero-order valence-corrected chi connectivity index (χ0v) is 18.3. The molecule has 8 nitrogen and oxygen atoms in total. The number of pyridine rings is 3. The molecule has 5 heterocycles. The van der Waals surface area contributed by atoms with Gasteiger partial charge in [-0.1, -0.05) is 0 Å². The molecule has 1 N–H and O–H groups in total. The molecule has 4 aromatic rings. The Hall–Kier alpha value is -3.96. The molecule has 0 atom stereocenters. The van der Waals surface area contributed by atoms with Crippen LogP contribution in [0.2, 0.25) is 0 Å². The van der Waals surface area contributed by atoms with E-state index in [-0.39, 0.29) is 0 Å². The van der Waals surface area contributed by atoms with Gasteiger partial charge in [-0.15, -0.1) is 0 Å². The van der Waals surface area contributed by atoms with E-state index in [4.69, 9.17) is 9.72 Å². The maximum Gasteiger partial charge on any atom is 0.138 e. The summed E-state index contributed by atoms with van der Waals surface area (Å²) in [6.07, 6.45) is 9.85. The molecule has 0 amide bonds. The number of nitriles is 1. The zero-order valence-electron chi connectivity index (χ0n) is 18.3. The van der Waals surface area contributed by atoms with Crippen molar-refractivity contribution in [3.8, 4) is 22.9 Å². The maximum atomic E-state index is 11.1. The Labute approximate surface area is 191 Å². The highest BCUT2D eigenvalue weighted by molar-refractivity contribution is 5.85. The average Bonchev–Trinajstić information content (AvgIpc) is 3.28. The first-order chi connectivity index (χ1) is 16.1. The summed E-state index contributed by atoms with van der Waals surface area (Å²) in [5, 5.41) is 24.9. The highest BCUT2D eigenvalue weighted by atomic mass is 16.5. The van der Waals surface area contributed by atoms with E-state index in [1.807, 2.05) is 43.5 Å². The van der Waals surface area contributed by atoms with Gasteiger partial charge in [-0.05, 0) is 55.7 Å². The van der Waals surface area contributed by atoms with Gasteiger partial charge in [0, 0.05) is 42.8 Å². The lowest BCUT2D eigenvalue weighted by molar-refractivity contribution is 0.0116. The molecule has 1 fully saturated rings. The third-order valence-electron chi connectivity index (χ3n) is 6.21. The number of fused-ring (bicyclic) bond motifs is 1. The smallest absolute Gasteiger partial charge is 0.138 e. The second-order valence-corrected chi connectivity index (χ2v) is 8.15. The number of ether oxygens (including phenoxy) is 1. The van der Waals surface area contributed by atoms with Crippen LogP contribution in [0.1, 0.15) is 30.9 Å². The van der Waals surface area contributed by atoms with Gasteiger partial charge in [-0.25, -0.2) is 9.50 Å². The fraction of sp³-hybridized carbons (Fsp3) is 0.280. The molecule has 33 heavy (non-hydrogen) atoms. The zero-order chi connectivity index (χ0) is 22.8. The second-order valence-electron chi connectivity index (χ2n) is 8.15. The van der Waals surface area contributed by atoms with Gasteiger partial charge in [0.15, 0.2) is 0 Å². The Morgan fingerprint density at radius 1 is 1.15 bits per heavy atom. The van der Waals surface area contributed by atoms with E-state index in [0.717, 1.165) is 28.0 Å². The van der Waals surface area contributed by atoms with Gasteiger partial charge in [0.05, 0.1) is 35.7 Å². The van der Waals surface area contributed by atoms with E-state index in [9.17, 15) is 10.4 Å². The van der Waals surface area contributed by atoms with Crippen molar-refractivity contribution in [3.63, 3.8) is 0 Å². The van der Waals surface area contributed by atoms with Crippen molar-refractivity contribution in [2.75, 3.05) is 24.6 Å². The predicted octanol–water partition coefficient (Wildman–Crippen LogP) is 3.55. The summed E-state index contributed by atoms with van der Waals surface area (Å²) >= 11 is 0. The minimum atomic E-state index is -0.833. The summed E-state index contributed by atoms with van der Waals surface area (Å²) in [7, 11) is 0. The Kier molecular flexibility index (Phi) is 5.40. The highest BCUT2D eigenvalue weighted by Crippen LogP contribution is 2.35. The molecular weight excluding hydrogens is 416 g/mol. The number of hydrogen-bond acceptors (Lipinski definition) is 7. The molecule has 0 bridgehead atoms. The van der Waals surface area contributed by atoms with Crippen LogP contribution in [0.15, 0.2) is 61.3 Å². The molecule has 1 saturated heterocycles. The van der Waals surface area contributed by atoms with Crippen LogP contribution < -0.4 is 9.64 Å². The number of piperidine rings is 1. The lowest BCUT2D eigenvalue weighted by Gasteiger charge is -2.39. The van der Waals surface area contributed by atoms with Gasteiger partial charge < -0.3 is 14.7 Å². The minimum absolute atomic E-state index is 0.503. The standard InChI is InChI=1S/C25H24N6O2/c1-2-33-21-13-22(24-19(14-26)16-29-31(24)17-21)18-3-4-23(28-15-18)30-11-7-25(32,8-12-30)20-5-9-27-10-6-20/h3-6,9-10,13,15-17,32H,2,7-8,11-12H2,1H3. The topological polar surface area (TPSA) is 99.6 Å². The van der Waals surface area contributed by atoms with E-state index in [1.54, 1.807) is 29.3 Å². The number of hydrogen-bond donors (Lipinski definition) is 1. The SMILES string of the molecule is CCOc1cc(-c2ccc(N3CCC(O)(c4ccncc4)CC3)nc2)c2c(C#N)cnn2c1. The summed E-state index contributed by atoms with van der Waals surface area (Å²) in [6.45, 7) is 3.88. The fourth-order valence-electron chi connectivity index (χ4n) is 4.43. The first-order valence-corrected chi connectivity index (χ1v) is 11.0. The lowest BCUT2D eigenvalue weighted by Crippen LogP contribution is -2.43. The summed E-state index contributed by atoms with van der Waals surface area (Å²) in [5.41, 5.74) is 3.04. The van der Waals surface area contributed by atoms with Crippen molar-refractivity contribution < 1.29 is 9.84 Å². The fourth-order valence-corrected chi connectivity index (χ4v) is 4.43. The Bertz CT molecular complexity index is 1300. The largest absolute Gasteiger partial charge is 0.492 e. The number of aliphatic hydroxyl groups is 1.